The summed E-state index contributed by atoms with van der Waals surface area (Å²) in [6.45, 7) is 3.92. The maximum atomic E-state index is 13.0. The third kappa shape index (κ3) is 4.99. The number of hydrogen-bond donors (Lipinski definition) is 1. The summed E-state index contributed by atoms with van der Waals surface area (Å²) in [5.74, 6) is 0.0265. The molecular formula is C25H26N2O2S. The standard InChI is InChI=1S/C25H26N2O2S/c1-19-12-14-30-24(19)16-27(25(28)18-29-17-20-7-3-2-4-8-20)13-11-21-15-26-23-10-6-5-9-22(21)23/h2-10,12,14-15,26H,11,13,16-18H2,1H3. The minimum Gasteiger partial charge on any atom is -0.367 e. The number of ether oxygens (including phenoxy) is 1. The summed E-state index contributed by atoms with van der Waals surface area (Å²) in [4.78, 5) is 19.5. The first kappa shape index (κ1) is 20.4. The zero-order valence-corrected chi connectivity index (χ0v) is 18.0. The van der Waals surface area contributed by atoms with E-state index in [4.69, 9.17) is 4.74 Å². The molecule has 0 fully saturated rings. The number of para-hydroxylation sites is 1. The van der Waals surface area contributed by atoms with Crippen molar-refractivity contribution < 1.29 is 9.53 Å². The van der Waals surface area contributed by atoms with Gasteiger partial charge in [-0.05, 0) is 47.5 Å². The first-order chi connectivity index (χ1) is 14.7. The van der Waals surface area contributed by atoms with Gasteiger partial charge in [0.1, 0.15) is 6.61 Å². The van der Waals surface area contributed by atoms with Crippen molar-refractivity contribution in [3.05, 3.63) is 93.8 Å². The fourth-order valence-corrected chi connectivity index (χ4v) is 4.47. The van der Waals surface area contributed by atoms with Crippen LogP contribution in [-0.4, -0.2) is 28.9 Å². The van der Waals surface area contributed by atoms with Crippen LogP contribution in [-0.2, 0) is 29.1 Å². The van der Waals surface area contributed by atoms with Gasteiger partial charge in [-0.15, -0.1) is 11.3 Å². The summed E-state index contributed by atoms with van der Waals surface area (Å²) in [5, 5.41) is 3.30. The molecule has 4 rings (SSSR count). The molecule has 4 aromatic rings. The third-order valence-electron chi connectivity index (χ3n) is 5.32. The van der Waals surface area contributed by atoms with Crippen LogP contribution in [0.4, 0.5) is 0 Å². The molecule has 0 aliphatic rings. The number of carbonyl (C=O) groups is 1. The molecule has 2 heterocycles. The maximum Gasteiger partial charge on any atom is 0.248 e. The Labute approximate surface area is 181 Å². The number of carbonyl (C=O) groups excluding carboxylic acids is 1. The summed E-state index contributed by atoms with van der Waals surface area (Å²) in [6, 6.07) is 20.3. The van der Waals surface area contributed by atoms with Gasteiger partial charge in [0.2, 0.25) is 5.91 Å². The van der Waals surface area contributed by atoms with Gasteiger partial charge in [-0.1, -0.05) is 48.5 Å². The van der Waals surface area contributed by atoms with Crippen LogP contribution in [0.1, 0.15) is 21.6 Å². The Morgan fingerprint density at radius 3 is 2.67 bits per heavy atom. The normalized spacial score (nSPS) is 11.1. The van der Waals surface area contributed by atoms with Crippen LogP contribution >= 0.6 is 11.3 Å². The van der Waals surface area contributed by atoms with E-state index < -0.39 is 0 Å². The number of benzene rings is 2. The van der Waals surface area contributed by atoms with E-state index in [9.17, 15) is 4.79 Å². The first-order valence-corrected chi connectivity index (χ1v) is 11.1. The molecule has 0 spiro atoms. The molecule has 0 aliphatic carbocycles. The molecule has 2 aromatic carbocycles. The summed E-state index contributed by atoms with van der Waals surface area (Å²) in [7, 11) is 0. The molecule has 1 amide bonds. The molecule has 4 nitrogen and oxygen atoms in total. The van der Waals surface area contributed by atoms with E-state index in [0.29, 0.717) is 19.7 Å². The number of nitrogens with zero attached hydrogens (tertiary/aromatic N) is 1. The van der Waals surface area contributed by atoms with E-state index >= 15 is 0 Å². The van der Waals surface area contributed by atoms with Gasteiger partial charge >= 0.3 is 0 Å². The molecule has 0 radical (unpaired) electrons. The molecular weight excluding hydrogens is 392 g/mol. The lowest BCUT2D eigenvalue weighted by Crippen LogP contribution is -2.35. The average molecular weight is 419 g/mol. The van der Waals surface area contributed by atoms with Crippen molar-refractivity contribution in [1.29, 1.82) is 0 Å². The number of rotatable bonds is 9. The SMILES string of the molecule is Cc1ccsc1CN(CCc1c[nH]c2ccccc12)C(=O)COCc1ccccc1. The van der Waals surface area contributed by atoms with Gasteiger partial charge in [-0.2, -0.15) is 0 Å². The lowest BCUT2D eigenvalue weighted by molar-refractivity contribution is -0.137. The van der Waals surface area contributed by atoms with Gasteiger partial charge in [0.15, 0.2) is 0 Å². The van der Waals surface area contributed by atoms with Crippen molar-refractivity contribution >= 4 is 28.1 Å². The Morgan fingerprint density at radius 2 is 1.87 bits per heavy atom. The zero-order valence-electron chi connectivity index (χ0n) is 17.1. The Hall–Kier alpha value is -2.89. The smallest absolute Gasteiger partial charge is 0.248 e. The highest BCUT2D eigenvalue weighted by Crippen LogP contribution is 2.21. The van der Waals surface area contributed by atoms with Crippen LogP contribution < -0.4 is 0 Å². The van der Waals surface area contributed by atoms with Crippen LogP contribution in [0.2, 0.25) is 0 Å². The Morgan fingerprint density at radius 1 is 1.07 bits per heavy atom. The number of fused-ring (bicyclic) bond motifs is 1. The monoisotopic (exact) mass is 418 g/mol. The number of aromatic nitrogens is 1. The molecule has 0 atom stereocenters. The predicted octanol–water partition coefficient (Wildman–Crippen LogP) is 5.33. The minimum absolute atomic E-state index is 0.0265. The molecule has 30 heavy (non-hydrogen) atoms. The highest BCUT2D eigenvalue weighted by atomic mass is 32.1. The van der Waals surface area contributed by atoms with Crippen LogP contribution in [0.15, 0.2) is 72.2 Å². The van der Waals surface area contributed by atoms with E-state index in [-0.39, 0.29) is 12.5 Å². The predicted molar refractivity (Wildman–Crippen MR) is 123 cm³/mol. The van der Waals surface area contributed by atoms with E-state index in [1.807, 2.05) is 41.3 Å². The zero-order chi connectivity index (χ0) is 20.8. The molecule has 154 valence electrons. The number of aromatic amines is 1. The van der Waals surface area contributed by atoms with Crippen molar-refractivity contribution in [2.45, 2.75) is 26.5 Å². The van der Waals surface area contributed by atoms with Gasteiger partial charge < -0.3 is 14.6 Å². The summed E-state index contributed by atoms with van der Waals surface area (Å²) in [5.41, 5.74) is 4.67. The lowest BCUT2D eigenvalue weighted by atomic mass is 10.1. The highest BCUT2D eigenvalue weighted by Gasteiger charge is 2.17. The van der Waals surface area contributed by atoms with Crippen LogP contribution in [0.25, 0.3) is 10.9 Å². The maximum absolute atomic E-state index is 13.0. The number of amides is 1. The van der Waals surface area contributed by atoms with Crippen molar-refractivity contribution in [2.75, 3.05) is 13.2 Å². The number of nitrogens with one attached hydrogen (secondary N) is 1. The molecule has 0 saturated carbocycles. The second-order valence-corrected chi connectivity index (χ2v) is 8.43. The van der Waals surface area contributed by atoms with Gasteiger partial charge in [-0.25, -0.2) is 0 Å². The molecule has 5 heteroatoms. The summed E-state index contributed by atoms with van der Waals surface area (Å²) >= 11 is 1.70. The van der Waals surface area contributed by atoms with E-state index in [0.717, 1.165) is 17.5 Å². The number of thiophene rings is 1. The Balaban J connectivity index is 1.42. The van der Waals surface area contributed by atoms with Crippen molar-refractivity contribution in [1.82, 2.24) is 9.88 Å². The second kappa shape index (κ2) is 9.74. The lowest BCUT2D eigenvalue weighted by Gasteiger charge is -2.22. The van der Waals surface area contributed by atoms with E-state index in [2.05, 4.69) is 47.8 Å². The Bertz CT molecular complexity index is 1100. The number of aryl methyl sites for hydroxylation is 1. The minimum atomic E-state index is 0.0265. The quantitative estimate of drug-likeness (QED) is 0.399. The van der Waals surface area contributed by atoms with Crippen LogP contribution in [0.5, 0.6) is 0 Å². The molecule has 0 unspecified atom stereocenters. The molecule has 1 N–H and O–H groups in total. The third-order valence-corrected chi connectivity index (χ3v) is 6.33. The number of hydrogen-bond acceptors (Lipinski definition) is 3. The Kier molecular flexibility index (Phi) is 6.62. The first-order valence-electron chi connectivity index (χ1n) is 10.2. The fourth-order valence-electron chi connectivity index (χ4n) is 3.55. The highest BCUT2D eigenvalue weighted by molar-refractivity contribution is 7.10. The van der Waals surface area contributed by atoms with E-state index in [1.54, 1.807) is 11.3 Å². The van der Waals surface area contributed by atoms with Gasteiger partial charge in [0.05, 0.1) is 13.2 Å². The van der Waals surface area contributed by atoms with Crippen molar-refractivity contribution in [2.24, 2.45) is 0 Å². The van der Waals surface area contributed by atoms with Gasteiger partial charge in [0, 0.05) is 28.5 Å². The summed E-state index contributed by atoms with van der Waals surface area (Å²) < 4.78 is 5.73. The largest absolute Gasteiger partial charge is 0.367 e. The van der Waals surface area contributed by atoms with Crippen LogP contribution in [0.3, 0.4) is 0 Å². The summed E-state index contributed by atoms with van der Waals surface area (Å²) in [6.07, 6.45) is 2.86. The molecule has 2 aromatic heterocycles. The van der Waals surface area contributed by atoms with Gasteiger partial charge in [0.25, 0.3) is 0 Å². The number of H-pyrrole nitrogens is 1. The van der Waals surface area contributed by atoms with Crippen molar-refractivity contribution in [3.8, 4) is 0 Å². The van der Waals surface area contributed by atoms with Crippen LogP contribution in [0, 0.1) is 6.92 Å². The second-order valence-electron chi connectivity index (χ2n) is 7.43. The topological polar surface area (TPSA) is 45.3 Å². The molecule has 0 bridgehead atoms. The fraction of sp³-hybridized carbons (Fsp3) is 0.240. The van der Waals surface area contributed by atoms with Gasteiger partial charge in [-0.3, -0.25) is 4.79 Å². The average Bonchev–Trinajstić information content (AvgIpc) is 3.37. The molecule has 0 aliphatic heterocycles. The van der Waals surface area contributed by atoms with Crippen molar-refractivity contribution in [3.63, 3.8) is 0 Å². The van der Waals surface area contributed by atoms with E-state index in [1.165, 1.54) is 21.4 Å². The molecule has 0 saturated heterocycles.